The summed E-state index contributed by atoms with van der Waals surface area (Å²) in [6.45, 7) is 0. The molecule has 1 aromatic carbocycles. The number of hydrogen-bond donors (Lipinski definition) is 2. The Balaban J connectivity index is 1.83. The van der Waals surface area contributed by atoms with E-state index in [1.807, 2.05) is 0 Å². The molecule has 1 aromatic rings. The fourth-order valence-electron chi connectivity index (χ4n) is 2.38. The van der Waals surface area contributed by atoms with Gasteiger partial charge in [-0.3, -0.25) is 9.59 Å². The van der Waals surface area contributed by atoms with Gasteiger partial charge < -0.3 is 5.11 Å². The Labute approximate surface area is 125 Å². The maximum atomic E-state index is 12.0. The molecule has 108 valence electrons. The highest BCUT2D eigenvalue weighted by molar-refractivity contribution is 8.16. The van der Waals surface area contributed by atoms with Crippen molar-refractivity contribution in [3.8, 4) is 5.75 Å². The number of amidine groups is 1. The monoisotopic (exact) mass is 303 g/mol. The van der Waals surface area contributed by atoms with Gasteiger partial charge in [-0.1, -0.05) is 23.9 Å². The molecule has 1 fully saturated rings. The molecule has 1 saturated carbocycles. The minimum atomic E-state index is -1.08. The molecule has 1 amide bonds. The van der Waals surface area contributed by atoms with E-state index in [4.69, 9.17) is 0 Å². The molecule has 21 heavy (non-hydrogen) atoms. The van der Waals surface area contributed by atoms with Gasteiger partial charge >= 0.3 is 0 Å². The first-order valence-electron chi connectivity index (χ1n) is 6.54. The van der Waals surface area contributed by atoms with Gasteiger partial charge in [0.2, 0.25) is 5.17 Å². The number of phenolic OH excluding ortho intramolecular Hbond substituents is 1. The number of rotatable bonds is 1. The number of thioether (sulfide) groups is 1. The first-order valence-corrected chi connectivity index (χ1v) is 7.36. The zero-order chi connectivity index (χ0) is 14.9. The zero-order valence-electron chi connectivity index (χ0n) is 11.1. The Kier molecular flexibility index (Phi) is 3.50. The average Bonchev–Trinajstić information content (AvgIpc) is 2.84. The minimum Gasteiger partial charge on any atom is -0.507 e. The van der Waals surface area contributed by atoms with Crippen LogP contribution >= 0.6 is 11.8 Å². The van der Waals surface area contributed by atoms with E-state index in [1.165, 1.54) is 6.21 Å². The summed E-state index contributed by atoms with van der Waals surface area (Å²) in [5.74, 6) is -0.329. The number of aliphatic imine (C=N–C) groups is 1. The fraction of sp³-hybridized carbons (Fsp3) is 0.286. The average molecular weight is 303 g/mol. The number of amides is 1. The van der Waals surface area contributed by atoms with Crippen LogP contribution in [0.1, 0.15) is 24.8 Å². The number of nitrogens with zero attached hydrogens (tertiary/aromatic N) is 2. The number of ketones is 1. The third kappa shape index (κ3) is 2.44. The second-order valence-corrected chi connectivity index (χ2v) is 6.12. The van der Waals surface area contributed by atoms with Gasteiger partial charge in [0.1, 0.15) is 5.75 Å². The van der Waals surface area contributed by atoms with Gasteiger partial charge in [0.25, 0.3) is 5.91 Å². The van der Waals surface area contributed by atoms with Crippen molar-refractivity contribution in [2.45, 2.75) is 24.0 Å². The number of aromatic hydroxyl groups is 1. The molecular formula is C14H13N3O3S. The third-order valence-electron chi connectivity index (χ3n) is 3.52. The van der Waals surface area contributed by atoms with Gasteiger partial charge in [-0.15, -0.1) is 5.10 Å². The highest BCUT2D eigenvalue weighted by Gasteiger charge is 2.52. The van der Waals surface area contributed by atoms with Crippen molar-refractivity contribution >= 4 is 34.8 Å². The number of phenols is 1. The predicted molar refractivity (Wildman–Crippen MR) is 80.5 cm³/mol. The van der Waals surface area contributed by atoms with Crippen LogP contribution in [0.5, 0.6) is 5.75 Å². The third-order valence-corrected chi connectivity index (χ3v) is 4.86. The summed E-state index contributed by atoms with van der Waals surface area (Å²) in [5, 5.41) is 13.8. The second kappa shape index (κ2) is 5.33. The highest BCUT2D eigenvalue weighted by atomic mass is 32.2. The zero-order valence-corrected chi connectivity index (χ0v) is 11.9. The molecule has 1 heterocycles. The van der Waals surface area contributed by atoms with E-state index in [0.29, 0.717) is 30.0 Å². The smallest absolute Gasteiger partial charge is 0.264 e. The van der Waals surface area contributed by atoms with Crippen molar-refractivity contribution in [2.75, 3.05) is 0 Å². The van der Waals surface area contributed by atoms with E-state index in [2.05, 4.69) is 15.5 Å². The Morgan fingerprint density at radius 2 is 2.19 bits per heavy atom. The lowest BCUT2D eigenvalue weighted by molar-refractivity contribution is -0.130. The maximum Gasteiger partial charge on any atom is 0.264 e. The first kappa shape index (κ1) is 13.8. The summed E-state index contributed by atoms with van der Waals surface area (Å²) in [7, 11) is 0. The summed E-state index contributed by atoms with van der Waals surface area (Å²) in [6, 6.07) is 6.76. The first-order chi connectivity index (χ1) is 10.1. The van der Waals surface area contributed by atoms with E-state index in [9.17, 15) is 14.7 Å². The second-order valence-electron chi connectivity index (χ2n) is 4.86. The van der Waals surface area contributed by atoms with Crippen LogP contribution in [-0.2, 0) is 9.59 Å². The summed E-state index contributed by atoms with van der Waals surface area (Å²) < 4.78 is -1.08. The molecule has 0 aromatic heterocycles. The van der Waals surface area contributed by atoms with Gasteiger partial charge in [0.15, 0.2) is 10.5 Å². The molecule has 0 saturated heterocycles. The molecule has 6 nitrogen and oxygen atoms in total. The highest BCUT2D eigenvalue weighted by Crippen LogP contribution is 2.41. The lowest BCUT2D eigenvalue weighted by Crippen LogP contribution is -2.49. The number of hydrazone groups is 1. The van der Waals surface area contributed by atoms with Crippen molar-refractivity contribution < 1.29 is 14.7 Å². The van der Waals surface area contributed by atoms with Crippen molar-refractivity contribution in [1.29, 1.82) is 0 Å². The van der Waals surface area contributed by atoms with Gasteiger partial charge in [0, 0.05) is 18.2 Å². The van der Waals surface area contributed by atoms with Crippen LogP contribution in [-0.4, -0.2) is 32.9 Å². The molecule has 3 rings (SSSR count). The van der Waals surface area contributed by atoms with Crippen LogP contribution in [0.15, 0.2) is 34.4 Å². The molecule has 2 aliphatic rings. The van der Waals surface area contributed by atoms with Crippen LogP contribution < -0.4 is 5.43 Å². The lowest BCUT2D eigenvalue weighted by atomic mass is 10.1. The lowest BCUT2D eigenvalue weighted by Gasteiger charge is -2.26. The number of nitrogens with one attached hydrogen (secondary N) is 1. The molecular weight excluding hydrogens is 290 g/mol. The number of benzene rings is 1. The molecule has 2 N–H and O–H groups in total. The molecule has 1 spiro atoms. The van der Waals surface area contributed by atoms with Crippen LogP contribution in [0.2, 0.25) is 0 Å². The predicted octanol–water partition coefficient (Wildman–Crippen LogP) is 1.44. The summed E-state index contributed by atoms with van der Waals surface area (Å²) in [5.41, 5.74) is 2.92. The molecule has 1 unspecified atom stereocenters. The van der Waals surface area contributed by atoms with Crippen LogP contribution in [0.25, 0.3) is 0 Å². The van der Waals surface area contributed by atoms with E-state index in [1.54, 1.807) is 24.3 Å². The van der Waals surface area contributed by atoms with Crippen molar-refractivity contribution in [3.05, 3.63) is 29.8 Å². The molecule has 0 bridgehead atoms. The SMILES string of the molecule is O=C1CCCC12SC(/N=C\c1ccccc1O)=NNC2=O. The molecule has 1 aliphatic carbocycles. The summed E-state index contributed by atoms with van der Waals surface area (Å²) >= 11 is 1.09. The fourth-order valence-corrected chi connectivity index (χ4v) is 3.49. The topological polar surface area (TPSA) is 91.1 Å². The van der Waals surface area contributed by atoms with Gasteiger partial charge in [-0.2, -0.15) is 0 Å². The molecule has 1 atom stereocenters. The molecule has 0 radical (unpaired) electrons. The number of carbonyl (C=O) groups is 2. The summed E-state index contributed by atoms with van der Waals surface area (Å²) in [6.07, 6.45) is 3.09. The number of para-hydroxylation sites is 1. The van der Waals surface area contributed by atoms with E-state index in [-0.39, 0.29) is 17.4 Å². The van der Waals surface area contributed by atoms with Crippen molar-refractivity contribution in [1.82, 2.24) is 5.43 Å². The van der Waals surface area contributed by atoms with Crippen molar-refractivity contribution in [3.63, 3.8) is 0 Å². The van der Waals surface area contributed by atoms with Gasteiger partial charge in [-0.05, 0) is 25.0 Å². The Hall–Kier alpha value is -2.15. The minimum absolute atomic E-state index is 0.0739. The van der Waals surface area contributed by atoms with Crippen LogP contribution in [0, 0.1) is 0 Å². The number of Topliss-reactive ketones (excluding diaryl/α,β-unsaturated/α-hetero) is 1. The number of hydrogen-bond acceptors (Lipinski definition) is 6. The van der Waals surface area contributed by atoms with E-state index in [0.717, 1.165) is 11.8 Å². The van der Waals surface area contributed by atoms with Crippen molar-refractivity contribution in [2.24, 2.45) is 10.1 Å². The number of carbonyl (C=O) groups excluding carboxylic acids is 2. The Morgan fingerprint density at radius 1 is 1.38 bits per heavy atom. The Morgan fingerprint density at radius 3 is 2.90 bits per heavy atom. The van der Waals surface area contributed by atoms with Gasteiger partial charge in [-0.25, -0.2) is 10.4 Å². The molecule has 1 aliphatic heterocycles. The molecule has 7 heteroatoms. The van der Waals surface area contributed by atoms with Gasteiger partial charge in [0.05, 0.1) is 0 Å². The van der Waals surface area contributed by atoms with Crippen LogP contribution in [0.4, 0.5) is 0 Å². The largest absolute Gasteiger partial charge is 0.507 e. The normalized spacial score (nSPS) is 25.4. The Bertz CT molecular complexity index is 671. The van der Waals surface area contributed by atoms with E-state index >= 15 is 0 Å². The quantitative estimate of drug-likeness (QED) is 0.606. The van der Waals surface area contributed by atoms with E-state index < -0.39 is 4.75 Å². The standard InChI is InChI=1S/C14H13N3O3S/c18-10-5-2-1-4-9(10)8-15-13-17-16-12(20)14(21-13)7-3-6-11(14)19/h1-2,4-5,8,18H,3,6-7H2,(H,16,20)/b15-8-. The maximum absolute atomic E-state index is 12.0. The summed E-state index contributed by atoms with van der Waals surface area (Å²) in [4.78, 5) is 28.1. The van der Waals surface area contributed by atoms with Crippen LogP contribution in [0.3, 0.4) is 0 Å².